The Morgan fingerprint density at radius 3 is 2.52 bits per heavy atom. The van der Waals surface area contributed by atoms with E-state index in [1.807, 2.05) is 6.92 Å². The van der Waals surface area contributed by atoms with Gasteiger partial charge in [-0.25, -0.2) is 0 Å². The Balaban J connectivity index is 1.44. The first kappa shape index (κ1) is 20.1. The predicted molar refractivity (Wildman–Crippen MR) is 117 cm³/mol. The zero-order valence-electron chi connectivity index (χ0n) is 18.0. The SMILES string of the molecule is Cc1nnc(N2CCC3(CCC(=O)N(CCCN(C)C)C3)CC2)c2ccccc12. The smallest absolute Gasteiger partial charge is 0.222 e. The number of carbonyl (C=O) groups is 1. The first-order valence-corrected chi connectivity index (χ1v) is 10.9. The van der Waals surface area contributed by atoms with Gasteiger partial charge in [-0.05, 0) is 58.7 Å². The molecular formula is C23H33N5O. The van der Waals surface area contributed by atoms with Crippen LogP contribution in [-0.2, 0) is 4.79 Å². The molecule has 1 aromatic carbocycles. The summed E-state index contributed by atoms with van der Waals surface area (Å²) in [6.45, 7) is 6.84. The molecule has 0 atom stereocenters. The highest BCUT2D eigenvalue weighted by Crippen LogP contribution is 2.41. The number of amides is 1. The van der Waals surface area contributed by atoms with E-state index in [4.69, 9.17) is 0 Å². The molecule has 0 unspecified atom stereocenters. The minimum Gasteiger partial charge on any atom is -0.355 e. The van der Waals surface area contributed by atoms with Gasteiger partial charge >= 0.3 is 0 Å². The molecule has 29 heavy (non-hydrogen) atoms. The van der Waals surface area contributed by atoms with Crippen molar-refractivity contribution in [2.75, 3.05) is 51.7 Å². The van der Waals surface area contributed by atoms with E-state index in [1.165, 1.54) is 10.8 Å². The lowest BCUT2D eigenvalue weighted by Crippen LogP contribution is -2.52. The second kappa shape index (κ2) is 8.27. The van der Waals surface area contributed by atoms with Gasteiger partial charge in [0, 0.05) is 43.4 Å². The molecule has 1 amide bonds. The van der Waals surface area contributed by atoms with Crippen LogP contribution in [0.4, 0.5) is 5.82 Å². The van der Waals surface area contributed by atoms with Crippen molar-refractivity contribution in [3.63, 3.8) is 0 Å². The molecule has 2 aliphatic rings. The Bertz CT molecular complexity index is 873. The second-order valence-electron chi connectivity index (χ2n) is 9.11. The summed E-state index contributed by atoms with van der Waals surface area (Å²) in [7, 11) is 4.18. The zero-order valence-corrected chi connectivity index (χ0v) is 18.0. The molecule has 2 aromatic rings. The lowest BCUT2D eigenvalue weighted by molar-refractivity contribution is -0.138. The van der Waals surface area contributed by atoms with E-state index in [2.05, 4.69) is 63.3 Å². The number of likely N-dealkylation sites (tertiary alicyclic amines) is 1. The third-order valence-corrected chi connectivity index (χ3v) is 6.76. The molecule has 0 saturated carbocycles. The van der Waals surface area contributed by atoms with Crippen molar-refractivity contribution in [1.29, 1.82) is 0 Å². The first-order chi connectivity index (χ1) is 14.0. The Morgan fingerprint density at radius 1 is 1.07 bits per heavy atom. The van der Waals surface area contributed by atoms with Gasteiger partial charge in [-0.15, -0.1) is 5.10 Å². The quantitative estimate of drug-likeness (QED) is 0.779. The third kappa shape index (κ3) is 4.22. The van der Waals surface area contributed by atoms with Crippen LogP contribution in [0.15, 0.2) is 24.3 Å². The van der Waals surface area contributed by atoms with Crippen molar-refractivity contribution in [3.05, 3.63) is 30.0 Å². The highest BCUT2D eigenvalue weighted by molar-refractivity contribution is 5.93. The summed E-state index contributed by atoms with van der Waals surface area (Å²) < 4.78 is 0. The maximum Gasteiger partial charge on any atom is 0.222 e. The van der Waals surface area contributed by atoms with Gasteiger partial charge in [-0.1, -0.05) is 24.3 Å². The summed E-state index contributed by atoms with van der Waals surface area (Å²) in [5, 5.41) is 11.3. The average molecular weight is 396 g/mol. The molecule has 0 bridgehead atoms. The van der Waals surface area contributed by atoms with Crippen molar-refractivity contribution >= 4 is 22.5 Å². The molecule has 2 aliphatic heterocycles. The van der Waals surface area contributed by atoms with E-state index in [9.17, 15) is 4.79 Å². The van der Waals surface area contributed by atoms with Crippen LogP contribution < -0.4 is 4.90 Å². The summed E-state index contributed by atoms with van der Waals surface area (Å²) in [4.78, 5) is 19.2. The number of nitrogens with zero attached hydrogens (tertiary/aromatic N) is 5. The monoisotopic (exact) mass is 395 g/mol. The molecule has 6 nitrogen and oxygen atoms in total. The van der Waals surface area contributed by atoms with E-state index >= 15 is 0 Å². The highest BCUT2D eigenvalue weighted by atomic mass is 16.2. The number of hydrogen-bond donors (Lipinski definition) is 0. The predicted octanol–water partition coefficient (Wildman–Crippen LogP) is 3.10. The van der Waals surface area contributed by atoms with Crippen LogP contribution in [0.25, 0.3) is 10.8 Å². The van der Waals surface area contributed by atoms with Crippen molar-refractivity contribution in [1.82, 2.24) is 20.0 Å². The second-order valence-corrected chi connectivity index (χ2v) is 9.11. The van der Waals surface area contributed by atoms with E-state index in [0.29, 0.717) is 12.3 Å². The number of aromatic nitrogens is 2. The van der Waals surface area contributed by atoms with Gasteiger partial charge in [-0.3, -0.25) is 4.79 Å². The molecule has 3 heterocycles. The van der Waals surface area contributed by atoms with Gasteiger partial charge in [0.1, 0.15) is 0 Å². The molecular weight excluding hydrogens is 362 g/mol. The summed E-state index contributed by atoms with van der Waals surface area (Å²) in [6.07, 6.45) is 5.02. The molecule has 156 valence electrons. The molecule has 2 saturated heterocycles. The molecule has 0 radical (unpaired) electrons. The van der Waals surface area contributed by atoms with Crippen molar-refractivity contribution in [2.45, 2.75) is 39.0 Å². The molecule has 4 rings (SSSR count). The Morgan fingerprint density at radius 2 is 1.79 bits per heavy atom. The van der Waals surface area contributed by atoms with E-state index < -0.39 is 0 Å². The fraction of sp³-hybridized carbons (Fsp3) is 0.609. The molecule has 1 aromatic heterocycles. The van der Waals surface area contributed by atoms with Gasteiger partial charge in [-0.2, -0.15) is 5.10 Å². The van der Waals surface area contributed by atoms with Crippen LogP contribution in [0.2, 0.25) is 0 Å². The molecule has 0 aliphatic carbocycles. The topological polar surface area (TPSA) is 52.6 Å². The first-order valence-electron chi connectivity index (χ1n) is 10.9. The van der Waals surface area contributed by atoms with Crippen LogP contribution in [0.1, 0.15) is 37.8 Å². The van der Waals surface area contributed by atoms with Crippen LogP contribution in [0.3, 0.4) is 0 Å². The standard InChI is InChI=1S/C23H33N5O/c1-18-19-7-4-5-8-20(19)22(25-24-18)27-15-11-23(12-16-27)10-9-21(29)28(17-23)14-6-13-26(2)3/h4-5,7-8H,6,9-17H2,1-3H3. The lowest BCUT2D eigenvalue weighted by Gasteiger charge is -2.47. The normalized spacial score (nSPS) is 19.5. The van der Waals surface area contributed by atoms with Crippen LogP contribution in [-0.4, -0.2) is 72.7 Å². The number of aryl methyl sites for hydroxylation is 1. The maximum absolute atomic E-state index is 12.4. The minimum absolute atomic E-state index is 0.274. The van der Waals surface area contributed by atoms with Crippen molar-refractivity contribution in [3.8, 4) is 0 Å². The Labute approximate surface area is 173 Å². The van der Waals surface area contributed by atoms with E-state index in [0.717, 1.165) is 69.9 Å². The van der Waals surface area contributed by atoms with Crippen molar-refractivity contribution < 1.29 is 4.79 Å². The number of benzene rings is 1. The Kier molecular flexibility index (Phi) is 5.72. The number of anilines is 1. The van der Waals surface area contributed by atoms with Gasteiger partial charge in [0.05, 0.1) is 5.69 Å². The summed E-state index contributed by atoms with van der Waals surface area (Å²) in [5.74, 6) is 1.35. The van der Waals surface area contributed by atoms with Gasteiger partial charge in [0.25, 0.3) is 0 Å². The van der Waals surface area contributed by atoms with Gasteiger partial charge in [0.2, 0.25) is 5.91 Å². The molecule has 2 fully saturated rings. The highest BCUT2D eigenvalue weighted by Gasteiger charge is 2.41. The average Bonchev–Trinajstić information content (AvgIpc) is 2.72. The van der Waals surface area contributed by atoms with Crippen LogP contribution in [0, 0.1) is 12.3 Å². The van der Waals surface area contributed by atoms with Gasteiger partial charge in [0.15, 0.2) is 5.82 Å². The van der Waals surface area contributed by atoms with Crippen molar-refractivity contribution in [2.24, 2.45) is 5.41 Å². The molecule has 1 spiro atoms. The number of hydrogen-bond acceptors (Lipinski definition) is 5. The molecule has 6 heteroatoms. The maximum atomic E-state index is 12.4. The van der Waals surface area contributed by atoms with Gasteiger partial charge < -0.3 is 14.7 Å². The third-order valence-electron chi connectivity index (χ3n) is 6.76. The largest absolute Gasteiger partial charge is 0.355 e. The molecule has 0 N–H and O–H groups in total. The summed E-state index contributed by atoms with van der Waals surface area (Å²) >= 11 is 0. The summed E-state index contributed by atoms with van der Waals surface area (Å²) in [5.41, 5.74) is 1.26. The minimum atomic E-state index is 0.274. The van der Waals surface area contributed by atoms with Crippen LogP contribution in [0.5, 0.6) is 0 Å². The summed E-state index contributed by atoms with van der Waals surface area (Å²) in [6, 6.07) is 8.43. The van der Waals surface area contributed by atoms with E-state index in [1.54, 1.807) is 0 Å². The lowest BCUT2D eigenvalue weighted by atomic mass is 9.72. The van der Waals surface area contributed by atoms with E-state index in [-0.39, 0.29) is 5.41 Å². The number of rotatable bonds is 5. The fourth-order valence-electron chi connectivity index (χ4n) is 4.94. The fourth-order valence-corrected chi connectivity index (χ4v) is 4.94. The van der Waals surface area contributed by atoms with Crippen LogP contribution >= 0.6 is 0 Å². The number of carbonyl (C=O) groups excluding carboxylic acids is 1. The zero-order chi connectivity index (χ0) is 20.4. The number of piperidine rings is 2. The number of fused-ring (bicyclic) bond motifs is 1. The Hall–Kier alpha value is -2.21.